The first kappa shape index (κ1) is 15.4. The molecular weight excluding hydrogens is 266 g/mol. The highest BCUT2D eigenvalue weighted by Gasteiger charge is 2.19. The molecule has 0 saturated heterocycles. The summed E-state index contributed by atoms with van der Waals surface area (Å²) >= 11 is 0. The Bertz CT molecular complexity index is 540. The highest BCUT2D eigenvalue weighted by atomic mass is 16.3. The molecule has 0 unspecified atom stereocenters. The van der Waals surface area contributed by atoms with Crippen LogP contribution in [0.25, 0.3) is 0 Å². The topological polar surface area (TPSA) is 64.6 Å². The van der Waals surface area contributed by atoms with Crippen molar-refractivity contribution in [2.75, 3.05) is 30.9 Å². The second-order valence-electron chi connectivity index (χ2n) is 5.66. The van der Waals surface area contributed by atoms with Crippen LogP contribution < -0.4 is 15.5 Å². The number of carbonyl (C=O) groups is 1. The van der Waals surface area contributed by atoms with Crippen molar-refractivity contribution in [3.63, 3.8) is 0 Å². The fourth-order valence-corrected chi connectivity index (χ4v) is 2.59. The zero-order chi connectivity index (χ0) is 15.4. The second-order valence-corrected chi connectivity index (χ2v) is 5.66. The minimum Gasteiger partial charge on any atom is -0.396 e. The number of aliphatic hydroxyl groups excluding tert-OH is 1. The van der Waals surface area contributed by atoms with Gasteiger partial charge in [-0.2, -0.15) is 0 Å². The largest absolute Gasteiger partial charge is 0.396 e. The lowest BCUT2D eigenvalue weighted by atomic mass is 10.1. The van der Waals surface area contributed by atoms with Crippen molar-refractivity contribution in [2.24, 2.45) is 5.92 Å². The molecule has 21 heavy (non-hydrogen) atoms. The van der Waals surface area contributed by atoms with Gasteiger partial charge in [-0.05, 0) is 37.1 Å². The highest BCUT2D eigenvalue weighted by molar-refractivity contribution is 5.90. The van der Waals surface area contributed by atoms with Gasteiger partial charge < -0.3 is 20.6 Å². The van der Waals surface area contributed by atoms with Gasteiger partial charge in [0.1, 0.15) is 0 Å². The lowest BCUT2D eigenvalue weighted by molar-refractivity contribution is 0.238. The molecule has 0 aromatic heterocycles. The Kier molecular flexibility index (Phi) is 4.85. The van der Waals surface area contributed by atoms with Gasteiger partial charge in [0.2, 0.25) is 0 Å². The minimum absolute atomic E-state index is 0.00991. The van der Waals surface area contributed by atoms with Crippen LogP contribution in [0.2, 0.25) is 0 Å². The number of aliphatic hydroxyl groups is 1. The molecule has 0 aliphatic heterocycles. The van der Waals surface area contributed by atoms with E-state index in [9.17, 15) is 4.79 Å². The highest BCUT2D eigenvalue weighted by Crippen LogP contribution is 2.22. The Labute approximate surface area is 125 Å². The van der Waals surface area contributed by atoms with Crippen molar-refractivity contribution < 1.29 is 9.90 Å². The number of aryl methyl sites for hydroxylation is 1. The van der Waals surface area contributed by atoms with Gasteiger partial charge in [-0.15, -0.1) is 0 Å². The summed E-state index contributed by atoms with van der Waals surface area (Å²) in [5, 5.41) is 14.8. The molecule has 0 saturated carbocycles. The SMILES string of the molecule is Cc1cc(NC(=O)N[C@@H]2C=C[C@H](CO)C2)ccc1N(C)C. The molecule has 1 aliphatic rings. The molecule has 0 fully saturated rings. The van der Waals surface area contributed by atoms with E-state index >= 15 is 0 Å². The number of nitrogens with one attached hydrogen (secondary N) is 2. The first-order chi connectivity index (χ1) is 9.99. The molecular formula is C16H23N3O2. The Morgan fingerprint density at radius 2 is 2.14 bits per heavy atom. The quantitative estimate of drug-likeness (QED) is 0.744. The van der Waals surface area contributed by atoms with E-state index in [1.165, 1.54) is 0 Å². The van der Waals surface area contributed by atoms with Gasteiger partial charge in [0, 0.05) is 44.0 Å². The maximum Gasteiger partial charge on any atom is 0.319 e. The summed E-state index contributed by atoms with van der Waals surface area (Å²) in [4.78, 5) is 14.0. The number of nitrogens with zero attached hydrogens (tertiary/aromatic N) is 1. The molecule has 5 heteroatoms. The van der Waals surface area contributed by atoms with Crippen LogP contribution in [0.3, 0.4) is 0 Å². The molecule has 1 aromatic carbocycles. The second kappa shape index (κ2) is 6.63. The molecule has 0 bridgehead atoms. The number of amides is 2. The average Bonchev–Trinajstić information content (AvgIpc) is 2.85. The first-order valence-corrected chi connectivity index (χ1v) is 7.14. The van der Waals surface area contributed by atoms with E-state index < -0.39 is 0 Å². The fraction of sp³-hybridized carbons (Fsp3) is 0.438. The van der Waals surface area contributed by atoms with Crippen LogP contribution in [0.4, 0.5) is 16.2 Å². The predicted molar refractivity (Wildman–Crippen MR) is 85.8 cm³/mol. The van der Waals surface area contributed by atoms with E-state index in [0.29, 0.717) is 0 Å². The number of anilines is 2. The van der Waals surface area contributed by atoms with Gasteiger partial charge in [-0.1, -0.05) is 12.2 Å². The summed E-state index contributed by atoms with van der Waals surface area (Å²) in [6.45, 7) is 2.14. The number of hydrogen-bond acceptors (Lipinski definition) is 3. The van der Waals surface area contributed by atoms with E-state index in [4.69, 9.17) is 5.11 Å². The van der Waals surface area contributed by atoms with Gasteiger partial charge in [-0.3, -0.25) is 0 Å². The first-order valence-electron chi connectivity index (χ1n) is 7.14. The van der Waals surface area contributed by atoms with Gasteiger partial charge >= 0.3 is 6.03 Å². The molecule has 2 rings (SSSR count). The monoisotopic (exact) mass is 289 g/mol. The third kappa shape index (κ3) is 3.98. The molecule has 1 aliphatic carbocycles. The molecule has 0 spiro atoms. The van der Waals surface area contributed by atoms with Crippen LogP contribution in [0.15, 0.2) is 30.4 Å². The van der Waals surface area contributed by atoms with E-state index in [-0.39, 0.29) is 24.6 Å². The summed E-state index contributed by atoms with van der Waals surface area (Å²) < 4.78 is 0. The molecule has 114 valence electrons. The van der Waals surface area contributed by atoms with Crippen LogP contribution in [0.5, 0.6) is 0 Å². The van der Waals surface area contributed by atoms with Crippen molar-refractivity contribution in [2.45, 2.75) is 19.4 Å². The molecule has 1 aromatic rings. The summed E-state index contributed by atoms with van der Waals surface area (Å²) in [5.74, 6) is 0.150. The Morgan fingerprint density at radius 1 is 1.38 bits per heavy atom. The number of benzene rings is 1. The third-order valence-corrected chi connectivity index (χ3v) is 3.66. The Hall–Kier alpha value is -2.01. The molecule has 3 N–H and O–H groups in total. The Balaban J connectivity index is 1.91. The third-order valence-electron chi connectivity index (χ3n) is 3.66. The zero-order valence-corrected chi connectivity index (χ0v) is 12.8. The van der Waals surface area contributed by atoms with Gasteiger partial charge in [0.15, 0.2) is 0 Å². The Morgan fingerprint density at radius 3 is 2.71 bits per heavy atom. The van der Waals surface area contributed by atoms with Crippen LogP contribution in [-0.2, 0) is 0 Å². The van der Waals surface area contributed by atoms with Crippen LogP contribution in [0, 0.1) is 12.8 Å². The van der Waals surface area contributed by atoms with Crippen molar-refractivity contribution in [3.05, 3.63) is 35.9 Å². The lowest BCUT2D eigenvalue weighted by Crippen LogP contribution is -2.36. The summed E-state index contributed by atoms with van der Waals surface area (Å²) in [7, 11) is 3.98. The maximum atomic E-state index is 12.0. The van der Waals surface area contributed by atoms with Crippen LogP contribution in [0.1, 0.15) is 12.0 Å². The van der Waals surface area contributed by atoms with Gasteiger partial charge in [-0.25, -0.2) is 4.79 Å². The summed E-state index contributed by atoms with van der Waals surface area (Å²) in [6, 6.07) is 5.60. The minimum atomic E-state index is -0.222. The zero-order valence-electron chi connectivity index (χ0n) is 12.8. The van der Waals surface area contributed by atoms with Crippen molar-refractivity contribution in [1.29, 1.82) is 0 Å². The number of carbonyl (C=O) groups excluding carboxylic acids is 1. The summed E-state index contributed by atoms with van der Waals surface area (Å²) in [5.41, 5.74) is 3.01. The number of rotatable bonds is 4. The maximum absolute atomic E-state index is 12.0. The average molecular weight is 289 g/mol. The molecule has 5 nitrogen and oxygen atoms in total. The van der Waals surface area contributed by atoms with E-state index in [2.05, 4.69) is 10.6 Å². The number of urea groups is 1. The van der Waals surface area contributed by atoms with Gasteiger partial charge in [0.05, 0.1) is 0 Å². The number of hydrogen-bond donors (Lipinski definition) is 3. The lowest BCUT2D eigenvalue weighted by Gasteiger charge is -2.17. The summed E-state index contributed by atoms with van der Waals surface area (Å²) in [6.07, 6.45) is 4.63. The van der Waals surface area contributed by atoms with E-state index in [0.717, 1.165) is 23.4 Å². The van der Waals surface area contributed by atoms with Crippen LogP contribution in [-0.4, -0.2) is 37.9 Å². The standard InChI is InChI=1S/C16H23N3O2/c1-11-8-13(6-7-15(11)19(2)3)17-16(21)18-14-5-4-12(9-14)10-20/h4-8,12,14,20H,9-10H2,1-3H3,(H2,17,18,21)/t12-,14+/m0/s1. The van der Waals surface area contributed by atoms with Crippen molar-refractivity contribution in [1.82, 2.24) is 5.32 Å². The van der Waals surface area contributed by atoms with Gasteiger partial charge in [0.25, 0.3) is 0 Å². The van der Waals surface area contributed by atoms with Crippen LogP contribution >= 0.6 is 0 Å². The molecule has 0 heterocycles. The van der Waals surface area contributed by atoms with E-state index in [1.807, 2.05) is 56.3 Å². The smallest absolute Gasteiger partial charge is 0.319 e. The molecule has 0 radical (unpaired) electrons. The fourth-order valence-electron chi connectivity index (χ4n) is 2.59. The van der Waals surface area contributed by atoms with Crippen molar-refractivity contribution >= 4 is 17.4 Å². The predicted octanol–water partition coefficient (Wildman–Crippen LogP) is 2.12. The van der Waals surface area contributed by atoms with Crippen molar-refractivity contribution in [3.8, 4) is 0 Å². The van der Waals surface area contributed by atoms with E-state index in [1.54, 1.807) is 0 Å². The molecule has 2 atom stereocenters. The normalized spacial score (nSPS) is 20.4. The molecule has 2 amide bonds.